The van der Waals surface area contributed by atoms with E-state index in [0.717, 1.165) is 11.1 Å². The van der Waals surface area contributed by atoms with E-state index in [1.165, 1.54) is 17.1 Å². The monoisotopic (exact) mass is 353 g/mol. The molecule has 5 nitrogen and oxygen atoms in total. The Bertz CT molecular complexity index is 892. The summed E-state index contributed by atoms with van der Waals surface area (Å²) >= 11 is 0. The molecule has 3 rings (SSSR count). The molecule has 0 fully saturated rings. The standard InChI is InChI=1S/C20H20FN3O2/c1-13-6-7-14(2)18(10-13)24-19(25)9-8-17(23-24)20(26)22-12-15-4-3-5-16(21)11-15/h3-7,10-11H,8-9,12H2,1-2H3,(H,22,26). The molecule has 1 N–H and O–H groups in total. The molecule has 0 unspecified atom stereocenters. The average Bonchev–Trinajstić information content (AvgIpc) is 2.62. The van der Waals surface area contributed by atoms with Crippen molar-refractivity contribution >= 4 is 23.2 Å². The second-order valence-corrected chi connectivity index (χ2v) is 6.35. The summed E-state index contributed by atoms with van der Waals surface area (Å²) in [6.07, 6.45) is 0.509. The van der Waals surface area contributed by atoms with Crippen molar-refractivity contribution in [1.82, 2.24) is 5.32 Å². The Morgan fingerprint density at radius 3 is 2.77 bits per heavy atom. The number of benzene rings is 2. The van der Waals surface area contributed by atoms with Crippen LogP contribution in [0.25, 0.3) is 0 Å². The fourth-order valence-electron chi connectivity index (χ4n) is 2.78. The largest absolute Gasteiger partial charge is 0.347 e. The number of halogens is 1. The van der Waals surface area contributed by atoms with Gasteiger partial charge < -0.3 is 5.32 Å². The number of carbonyl (C=O) groups is 2. The van der Waals surface area contributed by atoms with Crippen LogP contribution in [-0.2, 0) is 16.1 Å². The average molecular weight is 353 g/mol. The van der Waals surface area contributed by atoms with Crippen molar-refractivity contribution in [1.29, 1.82) is 0 Å². The number of carbonyl (C=O) groups excluding carboxylic acids is 2. The van der Waals surface area contributed by atoms with E-state index in [1.54, 1.807) is 12.1 Å². The zero-order valence-electron chi connectivity index (χ0n) is 14.8. The first-order valence-corrected chi connectivity index (χ1v) is 8.44. The van der Waals surface area contributed by atoms with E-state index in [9.17, 15) is 14.0 Å². The van der Waals surface area contributed by atoms with Gasteiger partial charge in [-0.05, 0) is 48.7 Å². The van der Waals surface area contributed by atoms with Gasteiger partial charge in [-0.1, -0.05) is 24.3 Å². The van der Waals surface area contributed by atoms with Gasteiger partial charge in [0, 0.05) is 19.4 Å². The minimum Gasteiger partial charge on any atom is -0.347 e. The number of rotatable bonds is 4. The first-order valence-electron chi connectivity index (χ1n) is 8.44. The molecule has 134 valence electrons. The van der Waals surface area contributed by atoms with Gasteiger partial charge in [-0.15, -0.1) is 0 Å². The second kappa shape index (κ2) is 7.47. The lowest BCUT2D eigenvalue weighted by Gasteiger charge is -2.24. The maximum Gasteiger partial charge on any atom is 0.267 e. The van der Waals surface area contributed by atoms with E-state index in [0.29, 0.717) is 17.0 Å². The Balaban J connectivity index is 1.77. The molecule has 0 spiro atoms. The third-order valence-corrected chi connectivity index (χ3v) is 4.23. The van der Waals surface area contributed by atoms with Crippen LogP contribution in [0.5, 0.6) is 0 Å². The highest BCUT2D eigenvalue weighted by molar-refractivity contribution is 6.40. The zero-order valence-corrected chi connectivity index (χ0v) is 14.8. The number of nitrogens with zero attached hydrogens (tertiary/aromatic N) is 2. The van der Waals surface area contributed by atoms with Crippen molar-refractivity contribution in [3.8, 4) is 0 Å². The van der Waals surface area contributed by atoms with Crippen molar-refractivity contribution in [2.75, 3.05) is 5.01 Å². The fourth-order valence-corrected chi connectivity index (χ4v) is 2.78. The SMILES string of the molecule is Cc1ccc(C)c(N2N=C(C(=O)NCc3cccc(F)c3)CCC2=O)c1. The molecule has 0 radical (unpaired) electrons. The molecular weight excluding hydrogens is 333 g/mol. The first-order chi connectivity index (χ1) is 12.4. The van der Waals surface area contributed by atoms with Crippen LogP contribution in [0.4, 0.5) is 10.1 Å². The smallest absolute Gasteiger partial charge is 0.267 e. The highest BCUT2D eigenvalue weighted by Crippen LogP contribution is 2.25. The van der Waals surface area contributed by atoms with Crippen molar-refractivity contribution in [2.24, 2.45) is 5.10 Å². The highest BCUT2D eigenvalue weighted by Gasteiger charge is 2.26. The van der Waals surface area contributed by atoms with Gasteiger partial charge in [0.15, 0.2) is 0 Å². The fraction of sp³-hybridized carbons (Fsp3) is 0.250. The molecule has 6 heteroatoms. The van der Waals surface area contributed by atoms with E-state index in [-0.39, 0.29) is 37.0 Å². The molecule has 0 atom stereocenters. The number of amides is 2. The van der Waals surface area contributed by atoms with Crippen molar-refractivity contribution in [3.05, 3.63) is 65.0 Å². The summed E-state index contributed by atoms with van der Waals surface area (Å²) in [7, 11) is 0. The van der Waals surface area contributed by atoms with Gasteiger partial charge in [0.25, 0.3) is 5.91 Å². The van der Waals surface area contributed by atoms with E-state index < -0.39 is 0 Å². The van der Waals surface area contributed by atoms with Gasteiger partial charge in [0.05, 0.1) is 5.69 Å². The second-order valence-electron chi connectivity index (χ2n) is 6.35. The topological polar surface area (TPSA) is 61.8 Å². The van der Waals surface area contributed by atoms with Gasteiger partial charge in [0.2, 0.25) is 5.91 Å². The third kappa shape index (κ3) is 3.96. The predicted molar refractivity (Wildman–Crippen MR) is 98.3 cm³/mol. The maximum atomic E-state index is 13.2. The normalized spacial score (nSPS) is 14.2. The van der Waals surface area contributed by atoms with Gasteiger partial charge in [-0.3, -0.25) is 9.59 Å². The third-order valence-electron chi connectivity index (χ3n) is 4.23. The van der Waals surface area contributed by atoms with Gasteiger partial charge in [-0.2, -0.15) is 5.10 Å². The van der Waals surface area contributed by atoms with Crippen LogP contribution >= 0.6 is 0 Å². The highest BCUT2D eigenvalue weighted by atomic mass is 19.1. The number of anilines is 1. The lowest BCUT2D eigenvalue weighted by Crippen LogP contribution is -2.39. The van der Waals surface area contributed by atoms with Crippen LogP contribution in [0.2, 0.25) is 0 Å². The lowest BCUT2D eigenvalue weighted by molar-refractivity contribution is -0.119. The lowest BCUT2D eigenvalue weighted by atomic mass is 10.1. The Kier molecular flexibility index (Phi) is 5.11. The number of hydrogen-bond donors (Lipinski definition) is 1. The summed E-state index contributed by atoms with van der Waals surface area (Å²) in [6.45, 7) is 4.04. The number of aryl methyl sites for hydroxylation is 2. The minimum absolute atomic E-state index is 0.139. The molecule has 2 amide bonds. The summed E-state index contributed by atoms with van der Waals surface area (Å²) in [5.74, 6) is -0.837. The quantitative estimate of drug-likeness (QED) is 0.917. The van der Waals surface area contributed by atoms with E-state index in [1.807, 2.05) is 32.0 Å². The molecule has 1 aliphatic heterocycles. The zero-order chi connectivity index (χ0) is 18.7. The molecule has 0 aromatic heterocycles. The molecule has 0 bridgehead atoms. The Labute approximate surface area is 151 Å². The van der Waals surface area contributed by atoms with Crippen molar-refractivity contribution < 1.29 is 14.0 Å². The van der Waals surface area contributed by atoms with E-state index in [2.05, 4.69) is 10.4 Å². The van der Waals surface area contributed by atoms with Gasteiger partial charge in [-0.25, -0.2) is 9.40 Å². The van der Waals surface area contributed by atoms with Gasteiger partial charge >= 0.3 is 0 Å². The van der Waals surface area contributed by atoms with E-state index in [4.69, 9.17) is 0 Å². The summed E-state index contributed by atoms with van der Waals surface area (Å²) in [5, 5.41) is 8.32. The Morgan fingerprint density at radius 1 is 1.19 bits per heavy atom. The van der Waals surface area contributed by atoms with Crippen LogP contribution in [-0.4, -0.2) is 17.5 Å². The van der Waals surface area contributed by atoms with Crippen molar-refractivity contribution in [3.63, 3.8) is 0 Å². The number of nitrogens with one attached hydrogen (secondary N) is 1. The van der Waals surface area contributed by atoms with Crippen LogP contribution in [0, 0.1) is 19.7 Å². The maximum absolute atomic E-state index is 13.2. The van der Waals surface area contributed by atoms with Crippen LogP contribution < -0.4 is 10.3 Å². The molecule has 26 heavy (non-hydrogen) atoms. The first kappa shape index (κ1) is 17.8. The Morgan fingerprint density at radius 2 is 2.00 bits per heavy atom. The minimum atomic E-state index is -0.350. The molecule has 1 heterocycles. The summed E-state index contributed by atoms with van der Waals surface area (Å²) < 4.78 is 13.2. The summed E-state index contributed by atoms with van der Waals surface area (Å²) in [6, 6.07) is 11.8. The molecule has 2 aromatic rings. The molecule has 0 saturated heterocycles. The molecule has 0 saturated carbocycles. The van der Waals surface area contributed by atoms with E-state index >= 15 is 0 Å². The molecule has 1 aliphatic rings. The predicted octanol–water partition coefficient (Wildman–Crippen LogP) is 3.24. The number of hydrazone groups is 1. The molecule has 0 aliphatic carbocycles. The number of hydrogen-bond acceptors (Lipinski definition) is 3. The Hall–Kier alpha value is -3.02. The summed E-state index contributed by atoms with van der Waals surface area (Å²) in [4.78, 5) is 24.7. The van der Waals surface area contributed by atoms with Crippen molar-refractivity contribution in [2.45, 2.75) is 33.2 Å². The molecular formula is C20H20FN3O2. The summed E-state index contributed by atoms with van der Waals surface area (Å²) in [5.41, 5.74) is 3.56. The molecule has 2 aromatic carbocycles. The van der Waals surface area contributed by atoms with Crippen LogP contribution in [0.15, 0.2) is 47.6 Å². The van der Waals surface area contributed by atoms with Crippen LogP contribution in [0.1, 0.15) is 29.5 Å². The van der Waals surface area contributed by atoms with Gasteiger partial charge in [0.1, 0.15) is 11.5 Å². The van der Waals surface area contributed by atoms with Crippen LogP contribution in [0.3, 0.4) is 0 Å².